The average molecular weight is 432 g/mol. The van der Waals surface area contributed by atoms with E-state index in [9.17, 15) is 19.2 Å². The molecule has 1 aromatic heterocycles. The molecule has 0 saturated heterocycles. The van der Waals surface area contributed by atoms with Gasteiger partial charge in [0.1, 0.15) is 17.1 Å². The van der Waals surface area contributed by atoms with E-state index >= 15 is 0 Å². The number of methoxy groups -OCH3 is 1. The second-order valence-electron chi connectivity index (χ2n) is 7.30. The summed E-state index contributed by atoms with van der Waals surface area (Å²) in [6.45, 7) is 1.83. The van der Waals surface area contributed by atoms with Crippen molar-refractivity contribution in [2.24, 2.45) is 0 Å². The van der Waals surface area contributed by atoms with Gasteiger partial charge in [0.25, 0.3) is 17.7 Å². The number of hydrogen-bond donors (Lipinski definition) is 1. The predicted octanol–water partition coefficient (Wildman–Crippen LogP) is 3.10. The number of aryl methyl sites for hydroxylation is 1. The van der Waals surface area contributed by atoms with Gasteiger partial charge in [-0.05, 0) is 36.8 Å². The molecule has 8 heteroatoms. The van der Waals surface area contributed by atoms with Gasteiger partial charge in [0.15, 0.2) is 0 Å². The molecule has 3 aromatic rings. The highest BCUT2D eigenvalue weighted by Crippen LogP contribution is 2.26. The van der Waals surface area contributed by atoms with Gasteiger partial charge in [-0.25, -0.2) is 4.79 Å². The van der Waals surface area contributed by atoms with Gasteiger partial charge in [-0.2, -0.15) is 0 Å². The summed E-state index contributed by atoms with van der Waals surface area (Å²) in [4.78, 5) is 50.9. The SMILES string of the molecule is COC(=O)c1cc(CNC(=O)c2ccc3c(c2)C(=O)N(Cc2ccccc2)C3=O)oc1C. The lowest BCUT2D eigenvalue weighted by Crippen LogP contribution is -2.29. The first-order chi connectivity index (χ1) is 15.4. The fourth-order valence-corrected chi connectivity index (χ4v) is 3.55. The Bertz CT molecular complexity index is 1230. The number of benzene rings is 2. The number of ether oxygens (including phenoxy) is 1. The number of furan rings is 1. The minimum absolute atomic E-state index is 0.0424. The lowest BCUT2D eigenvalue weighted by atomic mass is 10.1. The number of carbonyl (C=O) groups excluding carboxylic acids is 4. The van der Waals surface area contributed by atoms with E-state index in [1.807, 2.05) is 30.3 Å². The second kappa shape index (κ2) is 8.50. The first-order valence-electron chi connectivity index (χ1n) is 9.89. The van der Waals surface area contributed by atoms with Crippen molar-refractivity contribution >= 4 is 23.7 Å². The highest BCUT2D eigenvalue weighted by molar-refractivity contribution is 6.22. The number of amides is 3. The number of nitrogens with one attached hydrogen (secondary N) is 1. The largest absolute Gasteiger partial charge is 0.465 e. The van der Waals surface area contributed by atoms with Crippen molar-refractivity contribution in [2.75, 3.05) is 7.11 Å². The van der Waals surface area contributed by atoms with E-state index in [0.29, 0.717) is 11.5 Å². The van der Waals surface area contributed by atoms with Crippen molar-refractivity contribution in [1.82, 2.24) is 10.2 Å². The normalized spacial score (nSPS) is 12.6. The Morgan fingerprint density at radius 3 is 2.44 bits per heavy atom. The van der Waals surface area contributed by atoms with Crippen molar-refractivity contribution in [2.45, 2.75) is 20.0 Å². The van der Waals surface area contributed by atoms with E-state index in [1.54, 1.807) is 6.92 Å². The Labute approximate surface area is 183 Å². The molecule has 3 amide bonds. The molecule has 0 spiro atoms. The topological polar surface area (TPSA) is 106 Å². The van der Waals surface area contributed by atoms with Gasteiger partial charge in [-0.15, -0.1) is 0 Å². The first-order valence-corrected chi connectivity index (χ1v) is 9.89. The number of imide groups is 1. The summed E-state index contributed by atoms with van der Waals surface area (Å²) in [6.07, 6.45) is 0. The molecule has 4 rings (SSSR count). The minimum atomic E-state index is -0.523. The van der Waals surface area contributed by atoms with E-state index < -0.39 is 17.8 Å². The van der Waals surface area contributed by atoms with Crippen LogP contribution >= 0.6 is 0 Å². The van der Waals surface area contributed by atoms with E-state index in [0.717, 1.165) is 5.56 Å². The van der Waals surface area contributed by atoms with Crippen LogP contribution in [0.5, 0.6) is 0 Å². The third-order valence-electron chi connectivity index (χ3n) is 5.21. The fraction of sp³-hybridized carbons (Fsp3) is 0.167. The van der Waals surface area contributed by atoms with Crippen LogP contribution in [0.3, 0.4) is 0 Å². The molecule has 32 heavy (non-hydrogen) atoms. The molecular formula is C24H20N2O6. The maximum absolute atomic E-state index is 12.8. The van der Waals surface area contributed by atoms with Crippen molar-refractivity contribution in [1.29, 1.82) is 0 Å². The first kappa shape index (κ1) is 21.0. The molecule has 0 atom stereocenters. The average Bonchev–Trinajstić information content (AvgIpc) is 3.30. The summed E-state index contributed by atoms with van der Waals surface area (Å²) in [5.74, 6) is -1.01. The molecular weight excluding hydrogens is 412 g/mol. The van der Waals surface area contributed by atoms with Gasteiger partial charge in [0.05, 0.1) is 31.3 Å². The third-order valence-corrected chi connectivity index (χ3v) is 5.21. The quantitative estimate of drug-likeness (QED) is 0.474. The van der Waals surface area contributed by atoms with Gasteiger partial charge in [-0.3, -0.25) is 19.3 Å². The summed E-state index contributed by atoms with van der Waals surface area (Å²) in [5, 5.41) is 2.69. The highest BCUT2D eigenvalue weighted by atomic mass is 16.5. The molecule has 2 aromatic carbocycles. The highest BCUT2D eigenvalue weighted by Gasteiger charge is 2.36. The predicted molar refractivity (Wildman–Crippen MR) is 113 cm³/mol. The molecule has 2 heterocycles. The molecule has 0 unspecified atom stereocenters. The van der Waals surface area contributed by atoms with Crippen molar-refractivity contribution in [3.63, 3.8) is 0 Å². The fourth-order valence-electron chi connectivity index (χ4n) is 3.55. The van der Waals surface area contributed by atoms with Gasteiger partial charge < -0.3 is 14.5 Å². The van der Waals surface area contributed by atoms with Gasteiger partial charge in [0, 0.05) is 5.56 Å². The lowest BCUT2D eigenvalue weighted by Gasteiger charge is -2.13. The molecule has 0 fully saturated rings. The lowest BCUT2D eigenvalue weighted by molar-refractivity contribution is 0.0595. The van der Waals surface area contributed by atoms with Crippen LogP contribution in [-0.2, 0) is 17.8 Å². The third kappa shape index (κ3) is 3.90. The van der Waals surface area contributed by atoms with Crippen LogP contribution in [0.4, 0.5) is 0 Å². The maximum Gasteiger partial charge on any atom is 0.341 e. The minimum Gasteiger partial charge on any atom is -0.465 e. The molecule has 1 N–H and O–H groups in total. The summed E-state index contributed by atoms with van der Waals surface area (Å²) in [5.41, 5.74) is 1.83. The molecule has 0 saturated carbocycles. The molecule has 0 aliphatic carbocycles. The standard InChI is InChI=1S/C24H20N2O6/c1-14-19(24(30)31-2)11-17(32-14)12-25-21(27)16-8-9-18-20(10-16)23(29)26(22(18)28)13-15-6-4-3-5-7-15/h3-11H,12-13H2,1-2H3,(H,25,27). The van der Waals surface area contributed by atoms with Crippen LogP contribution in [0.25, 0.3) is 0 Å². The van der Waals surface area contributed by atoms with Crippen LogP contribution in [0.15, 0.2) is 59.0 Å². The number of rotatable bonds is 6. The Morgan fingerprint density at radius 1 is 1.00 bits per heavy atom. The van der Waals surface area contributed by atoms with Gasteiger partial charge in [0.2, 0.25) is 0 Å². The van der Waals surface area contributed by atoms with Crippen molar-refractivity contribution in [3.05, 3.63) is 93.9 Å². The number of fused-ring (bicyclic) bond motifs is 1. The number of nitrogens with zero attached hydrogens (tertiary/aromatic N) is 1. The Hall–Kier alpha value is -4.20. The molecule has 1 aliphatic rings. The monoisotopic (exact) mass is 432 g/mol. The number of hydrogen-bond acceptors (Lipinski definition) is 6. The maximum atomic E-state index is 12.8. The van der Waals surface area contributed by atoms with Gasteiger partial charge >= 0.3 is 5.97 Å². The zero-order valence-corrected chi connectivity index (χ0v) is 17.5. The van der Waals surface area contributed by atoms with Crippen molar-refractivity contribution < 1.29 is 28.3 Å². The second-order valence-corrected chi connectivity index (χ2v) is 7.30. The van der Waals surface area contributed by atoms with E-state index in [4.69, 9.17) is 4.42 Å². The number of esters is 1. The summed E-state index contributed by atoms with van der Waals surface area (Å²) in [7, 11) is 1.27. The Morgan fingerprint density at radius 2 is 1.72 bits per heavy atom. The molecule has 162 valence electrons. The van der Waals surface area contributed by atoms with E-state index in [-0.39, 0.29) is 41.3 Å². The number of carbonyl (C=O) groups is 4. The summed E-state index contributed by atoms with van der Waals surface area (Å²) in [6, 6.07) is 15.1. The van der Waals surface area contributed by atoms with Crippen LogP contribution in [0.1, 0.15) is 58.5 Å². The van der Waals surface area contributed by atoms with Crippen LogP contribution in [-0.4, -0.2) is 35.7 Å². The molecule has 1 aliphatic heterocycles. The summed E-state index contributed by atoms with van der Waals surface area (Å²) >= 11 is 0. The van der Waals surface area contributed by atoms with Gasteiger partial charge in [-0.1, -0.05) is 30.3 Å². The zero-order chi connectivity index (χ0) is 22.8. The Kier molecular flexibility index (Phi) is 5.59. The van der Waals surface area contributed by atoms with Crippen LogP contribution < -0.4 is 5.32 Å². The van der Waals surface area contributed by atoms with E-state index in [2.05, 4.69) is 10.1 Å². The summed E-state index contributed by atoms with van der Waals surface area (Å²) < 4.78 is 10.2. The molecule has 8 nitrogen and oxygen atoms in total. The Balaban J connectivity index is 1.47. The van der Waals surface area contributed by atoms with E-state index in [1.165, 1.54) is 36.3 Å². The molecule has 0 bridgehead atoms. The zero-order valence-electron chi connectivity index (χ0n) is 17.5. The smallest absolute Gasteiger partial charge is 0.341 e. The van der Waals surface area contributed by atoms with Crippen molar-refractivity contribution in [3.8, 4) is 0 Å². The van der Waals surface area contributed by atoms with Crippen LogP contribution in [0.2, 0.25) is 0 Å². The molecule has 0 radical (unpaired) electrons. The van der Waals surface area contributed by atoms with Crippen LogP contribution in [0, 0.1) is 6.92 Å².